The molecule has 0 unspecified atom stereocenters. The van der Waals surface area contributed by atoms with Crippen molar-refractivity contribution in [3.63, 3.8) is 0 Å². The van der Waals surface area contributed by atoms with Crippen LogP contribution >= 0.6 is 0 Å². The minimum Gasteiger partial charge on any atom is -0.335 e. The van der Waals surface area contributed by atoms with E-state index < -0.39 is 15.3 Å². The molecule has 5 nitrogen and oxygen atoms in total. The molecule has 2 saturated heterocycles. The van der Waals surface area contributed by atoms with Crippen molar-refractivity contribution in [2.45, 2.75) is 32.9 Å². The molecule has 2 aliphatic rings. The molecule has 0 saturated carbocycles. The summed E-state index contributed by atoms with van der Waals surface area (Å²) in [6.07, 6.45) is 0. The number of piperazine rings is 1. The zero-order chi connectivity index (χ0) is 12.8. The van der Waals surface area contributed by atoms with Gasteiger partial charge in [0.2, 0.25) is 5.91 Å². The summed E-state index contributed by atoms with van der Waals surface area (Å²) in [6.45, 7) is 6.90. The molecule has 2 heterocycles. The van der Waals surface area contributed by atoms with Gasteiger partial charge in [0.05, 0.1) is 17.5 Å². The fourth-order valence-electron chi connectivity index (χ4n) is 2.55. The largest absolute Gasteiger partial charge is 0.335 e. The molecule has 98 valence electrons. The Bertz CT molecular complexity index is 424. The number of sulfone groups is 1. The fraction of sp³-hybridized carbons (Fsp3) is 0.909. The third-order valence-corrected chi connectivity index (χ3v) is 5.10. The second-order valence-corrected chi connectivity index (χ2v) is 8.11. The molecule has 1 amide bonds. The van der Waals surface area contributed by atoms with Crippen molar-refractivity contribution in [1.82, 2.24) is 10.2 Å². The van der Waals surface area contributed by atoms with Crippen LogP contribution in [0.2, 0.25) is 0 Å². The second kappa shape index (κ2) is 3.95. The Morgan fingerprint density at radius 3 is 2.53 bits per heavy atom. The van der Waals surface area contributed by atoms with Crippen molar-refractivity contribution in [2.75, 3.05) is 24.6 Å². The summed E-state index contributed by atoms with van der Waals surface area (Å²) in [5.74, 6) is 0.309. The molecule has 2 fully saturated rings. The minimum absolute atomic E-state index is 0.0473. The van der Waals surface area contributed by atoms with Gasteiger partial charge in [-0.15, -0.1) is 0 Å². The van der Waals surface area contributed by atoms with Crippen LogP contribution in [0.1, 0.15) is 20.8 Å². The highest BCUT2D eigenvalue weighted by Crippen LogP contribution is 2.26. The normalized spacial score (nSPS) is 32.3. The SMILES string of the molecule is CC(C)(C)C(=O)N1CCN[C@H]2CS(=O)(=O)C[C@H]21. The van der Waals surface area contributed by atoms with Crippen LogP contribution < -0.4 is 5.32 Å². The molecule has 0 aliphatic carbocycles. The maximum Gasteiger partial charge on any atom is 0.228 e. The van der Waals surface area contributed by atoms with Crippen molar-refractivity contribution < 1.29 is 13.2 Å². The number of amides is 1. The second-order valence-electron chi connectivity index (χ2n) is 5.95. The van der Waals surface area contributed by atoms with Crippen LogP contribution in [0.4, 0.5) is 0 Å². The summed E-state index contributed by atoms with van der Waals surface area (Å²) in [6, 6.07) is -0.263. The highest BCUT2D eigenvalue weighted by atomic mass is 32.2. The Kier molecular flexibility index (Phi) is 2.98. The topological polar surface area (TPSA) is 66.5 Å². The van der Waals surface area contributed by atoms with Gasteiger partial charge in [-0.3, -0.25) is 4.79 Å². The van der Waals surface area contributed by atoms with Crippen LogP contribution in [-0.2, 0) is 14.6 Å². The van der Waals surface area contributed by atoms with Gasteiger partial charge in [-0.2, -0.15) is 0 Å². The summed E-state index contributed by atoms with van der Waals surface area (Å²) in [7, 11) is -3.00. The molecule has 0 aromatic heterocycles. The predicted octanol–water partition coefficient (Wildman–Crippen LogP) is -0.370. The molecule has 0 aromatic rings. The third kappa shape index (κ3) is 2.47. The number of nitrogens with one attached hydrogen (secondary N) is 1. The van der Waals surface area contributed by atoms with Crippen LogP contribution in [-0.4, -0.2) is 55.9 Å². The highest BCUT2D eigenvalue weighted by molar-refractivity contribution is 7.91. The molecular formula is C11H20N2O3S. The lowest BCUT2D eigenvalue weighted by Crippen LogP contribution is -2.60. The summed E-state index contributed by atoms with van der Waals surface area (Å²) in [4.78, 5) is 14.0. The number of fused-ring (bicyclic) bond motifs is 1. The van der Waals surface area contributed by atoms with E-state index in [-0.39, 0.29) is 29.5 Å². The number of carbonyl (C=O) groups excluding carboxylic acids is 1. The van der Waals surface area contributed by atoms with Crippen LogP contribution in [0.5, 0.6) is 0 Å². The molecule has 2 rings (SSSR count). The van der Waals surface area contributed by atoms with Crippen molar-refractivity contribution in [3.05, 3.63) is 0 Å². The van der Waals surface area contributed by atoms with Gasteiger partial charge in [0.1, 0.15) is 0 Å². The van der Waals surface area contributed by atoms with Crippen molar-refractivity contribution in [3.8, 4) is 0 Å². The lowest BCUT2D eigenvalue weighted by molar-refractivity contribution is -0.142. The molecule has 6 heteroatoms. The van der Waals surface area contributed by atoms with E-state index >= 15 is 0 Å². The number of nitrogens with zero attached hydrogens (tertiary/aromatic N) is 1. The first-order valence-electron chi connectivity index (χ1n) is 5.95. The third-order valence-electron chi connectivity index (χ3n) is 3.38. The van der Waals surface area contributed by atoms with Gasteiger partial charge in [-0.25, -0.2) is 8.42 Å². The number of carbonyl (C=O) groups is 1. The number of hydrogen-bond donors (Lipinski definition) is 1. The maximum absolute atomic E-state index is 12.3. The molecular weight excluding hydrogens is 240 g/mol. The van der Waals surface area contributed by atoms with E-state index in [0.717, 1.165) is 0 Å². The zero-order valence-corrected chi connectivity index (χ0v) is 11.4. The summed E-state index contributed by atoms with van der Waals surface area (Å²) in [5.41, 5.74) is -0.450. The first-order chi connectivity index (χ1) is 7.71. The van der Waals surface area contributed by atoms with Gasteiger partial charge in [0, 0.05) is 24.5 Å². The van der Waals surface area contributed by atoms with Crippen LogP contribution in [0.25, 0.3) is 0 Å². The van der Waals surface area contributed by atoms with Gasteiger partial charge >= 0.3 is 0 Å². The van der Waals surface area contributed by atoms with Crippen LogP contribution in [0.3, 0.4) is 0 Å². The first-order valence-corrected chi connectivity index (χ1v) is 7.78. The Balaban J connectivity index is 2.22. The van der Waals surface area contributed by atoms with E-state index in [2.05, 4.69) is 5.32 Å². The molecule has 0 bridgehead atoms. The molecule has 2 atom stereocenters. The molecule has 0 aromatic carbocycles. The fourth-order valence-corrected chi connectivity index (χ4v) is 4.51. The van der Waals surface area contributed by atoms with E-state index in [9.17, 15) is 13.2 Å². The summed E-state index contributed by atoms with van der Waals surface area (Å²) in [5, 5.41) is 3.20. The zero-order valence-electron chi connectivity index (χ0n) is 10.6. The predicted molar refractivity (Wildman–Crippen MR) is 65.4 cm³/mol. The Morgan fingerprint density at radius 1 is 1.29 bits per heavy atom. The van der Waals surface area contributed by atoms with Crippen molar-refractivity contribution in [1.29, 1.82) is 0 Å². The number of rotatable bonds is 0. The molecule has 0 radical (unpaired) electrons. The van der Waals surface area contributed by atoms with Crippen molar-refractivity contribution in [2.24, 2.45) is 5.41 Å². The summed E-state index contributed by atoms with van der Waals surface area (Å²) < 4.78 is 23.3. The van der Waals surface area contributed by atoms with Gasteiger partial charge in [0.25, 0.3) is 0 Å². The van der Waals surface area contributed by atoms with Gasteiger partial charge in [-0.05, 0) is 0 Å². The van der Waals surface area contributed by atoms with Crippen LogP contribution in [0, 0.1) is 5.41 Å². The van der Waals surface area contributed by atoms with E-state index in [1.54, 1.807) is 4.90 Å². The Labute approximate surface area is 102 Å². The molecule has 17 heavy (non-hydrogen) atoms. The van der Waals surface area contributed by atoms with Crippen LogP contribution in [0.15, 0.2) is 0 Å². The van der Waals surface area contributed by atoms with E-state index in [4.69, 9.17) is 0 Å². The summed E-state index contributed by atoms with van der Waals surface area (Å²) >= 11 is 0. The molecule has 2 aliphatic heterocycles. The monoisotopic (exact) mass is 260 g/mol. The highest BCUT2D eigenvalue weighted by Gasteiger charge is 2.46. The molecule has 0 spiro atoms. The quantitative estimate of drug-likeness (QED) is 0.645. The average Bonchev–Trinajstić information content (AvgIpc) is 2.48. The Morgan fingerprint density at radius 2 is 1.94 bits per heavy atom. The van der Waals surface area contributed by atoms with E-state index in [1.165, 1.54) is 0 Å². The van der Waals surface area contributed by atoms with E-state index in [1.807, 2.05) is 20.8 Å². The van der Waals surface area contributed by atoms with Gasteiger partial charge in [-0.1, -0.05) is 20.8 Å². The standard InChI is InChI=1S/C11H20N2O3S/c1-11(2,3)10(14)13-5-4-12-8-6-17(15,16)7-9(8)13/h8-9,12H,4-7H2,1-3H3/t8-,9+/m0/s1. The Hall–Kier alpha value is -0.620. The van der Waals surface area contributed by atoms with Gasteiger partial charge in [0.15, 0.2) is 9.84 Å². The lowest BCUT2D eigenvalue weighted by Gasteiger charge is -2.40. The first kappa shape index (κ1) is 12.8. The smallest absolute Gasteiger partial charge is 0.228 e. The van der Waals surface area contributed by atoms with Gasteiger partial charge < -0.3 is 10.2 Å². The molecule has 1 N–H and O–H groups in total. The van der Waals surface area contributed by atoms with Crippen molar-refractivity contribution >= 4 is 15.7 Å². The lowest BCUT2D eigenvalue weighted by atomic mass is 9.92. The minimum atomic E-state index is -3.00. The average molecular weight is 260 g/mol. The van der Waals surface area contributed by atoms with E-state index in [0.29, 0.717) is 13.1 Å². The number of hydrogen-bond acceptors (Lipinski definition) is 4. The maximum atomic E-state index is 12.3.